The zero-order chi connectivity index (χ0) is 23.4. The minimum Gasteiger partial charge on any atom is -0.357 e. The molecule has 0 saturated heterocycles. The van der Waals surface area contributed by atoms with E-state index in [2.05, 4.69) is 25.4 Å². The van der Waals surface area contributed by atoms with Gasteiger partial charge < -0.3 is 10.3 Å². The van der Waals surface area contributed by atoms with Crippen LogP contribution in [-0.4, -0.2) is 41.6 Å². The summed E-state index contributed by atoms with van der Waals surface area (Å²) < 4.78 is 27.9. The zero-order valence-corrected chi connectivity index (χ0v) is 18.0. The summed E-state index contributed by atoms with van der Waals surface area (Å²) in [6.07, 6.45) is 5.65. The van der Waals surface area contributed by atoms with Gasteiger partial charge in [-0.25, -0.2) is 8.78 Å². The topological polar surface area (TPSA) is 110 Å². The molecule has 2 N–H and O–H groups in total. The van der Waals surface area contributed by atoms with E-state index in [1.807, 2.05) is 12.1 Å². The molecule has 0 radical (unpaired) electrons. The number of hydrogen-bond donors (Lipinski definition) is 2. The summed E-state index contributed by atoms with van der Waals surface area (Å²) in [4.78, 5) is 37.2. The van der Waals surface area contributed by atoms with Crippen molar-refractivity contribution in [1.29, 1.82) is 0 Å². The van der Waals surface area contributed by atoms with E-state index in [-0.39, 0.29) is 44.0 Å². The van der Waals surface area contributed by atoms with Gasteiger partial charge in [-0.1, -0.05) is 0 Å². The van der Waals surface area contributed by atoms with Crippen LogP contribution in [0.2, 0.25) is 0 Å². The number of fused-ring (bicyclic) bond motifs is 1. The summed E-state index contributed by atoms with van der Waals surface area (Å²) in [5.41, 5.74) is 2.44. The van der Waals surface area contributed by atoms with E-state index in [0.717, 1.165) is 16.6 Å². The van der Waals surface area contributed by atoms with Crippen molar-refractivity contribution in [1.82, 2.24) is 34.6 Å². The van der Waals surface area contributed by atoms with Crippen LogP contribution in [0.1, 0.15) is 24.2 Å². The average Bonchev–Trinajstić information content (AvgIpc) is 3.40. The summed E-state index contributed by atoms with van der Waals surface area (Å²) in [7, 11) is 1.74. The predicted molar refractivity (Wildman–Crippen MR) is 118 cm³/mol. The van der Waals surface area contributed by atoms with Crippen molar-refractivity contribution in [3.63, 3.8) is 0 Å². The summed E-state index contributed by atoms with van der Waals surface area (Å²) in [5.74, 6) is -0.372. The van der Waals surface area contributed by atoms with Crippen molar-refractivity contribution in [3.8, 4) is 11.3 Å². The Bertz CT molecular complexity index is 1290. The second kappa shape index (κ2) is 9.72. The smallest absolute Gasteiger partial charge is 0.273 e. The monoisotopic (exact) mass is 455 g/mol. The van der Waals surface area contributed by atoms with Gasteiger partial charge in [0, 0.05) is 54.2 Å². The zero-order valence-electron chi connectivity index (χ0n) is 18.0. The molecular formula is C22H23F2N7O2. The van der Waals surface area contributed by atoms with Crippen molar-refractivity contribution >= 4 is 16.8 Å². The molecular weight excluding hydrogens is 432 g/mol. The molecule has 0 aromatic carbocycles. The number of carbonyl (C=O) groups is 1. The molecule has 4 heterocycles. The molecule has 9 nitrogen and oxygen atoms in total. The molecule has 0 fully saturated rings. The Labute approximate surface area is 187 Å². The molecule has 33 heavy (non-hydrogen) atoms. The number of aryl methyl sites for hydroxylation is 2. The predicted octanol–water partition coefficient (Wildman–Crippen LogP) is 2.42. The number of rotatable bonds is 9. The van der Waals surface area contributed by atoms with E-state index >= 15 is 0 Å². The molecule has 4 aromatic heterocycles. The third-order valence-corrected chi connectivity index (χ3v) is 5.22. The second-order valence-electron chi connectivity index (χ2n) is 7.70. The van der Waals surface area contributed by atoms with Gasteiger partial charge in [0.05, 0.1) is 24.6 Å². The van der Waals surface area contributed by atoms with Crippen LogP contribution in [0, 0.1) is 0 Å². The van der Waals surface area contributed by atoms with Gasteiger partial charge >= 0.3 is 0 Å². The summed E-state index contributed by atoms with van der Waals surface area (Å²) in [6, 6.07) is 3.73. The molecule has 1 amide bonds. The van der Waals surface area contributed by atoms with Crippen LogP contribution in [0.25, 0.3) is 22.2 Å². The molecule has 0 spiro atoms. The van der Waals surface area contributed by atoms with Crippen LogP contribution >= 0.6 is 0 Å². The van der Waals surface area contributed by atoms with E-state index < -0.39 is 12.0 Å². The average molecular weight is 455 g/mol. The minimum absolute atomic E-state index is 0.112. The number of pyridine rings is 1. The maximum absolute atomic E-state index is 13.1. The summed E-state index contributed by atoms with van der Waals surface area (Å²) >= 11 is 0. The largest absolute Gasteiger partial charge is 0.357 e. The van der Waals surface area contributed by atoms with Gasteiger partial charge in [-0.15, -0.1) is 0 Å². The van der Waals surface area contributed by atoms with Gasteiger partial charge in [0.15, 0.2) is 0 Å². The van der Waals surface area contributed by atoms with Crippen LogP contribution in [0.5, 0.6) is 0 Å². The van der Waals surface area contributed by atoms with Crippen LogP contribution in [0.15, 0.2) is 47.9 Å². The Morgan fingerprint density at radius 3 is 2.85 bits per heavy atom. The highest BCUT2D eigenvalue weighted by Gasteiger charge is 2.16. The van der Waals surface area contributed by atoms with Gasteiger partial charge in [0.1, 0.15) is 12.2 Å². The van der Waals surface area contributed by atoms with E-state index in [1.165, 1.54) is 10.8 Å². The number of H-pyrrole nitrogens is 1. The minimum atomic E-state index is -2.44. The fraction of sp³-hybridized carbons (Fsp3) is 0.318. The molecule has 0 atom stereocenters. The first-order chi connectivity index (χ1) is 15.9. The van der Waals surface area contributed by atoms with Crippen LogP contribution in [-0.2, 0) is 31.4 Å². The van der Waals surface area contributed by atoms with Crippen molar-refractivity contribution in [2.75, 3.05) is 0 Å². The number of aromatic nitrogens is 6. The van der Waals surface area contributed by atoms with Crippen LogP contribution in [0.3, 0.4) is 0 Å². The lowest BCUT2D eigenvalue weighted by atomic mass is 10.2. The molecule has 0 aliphatic heterocycles. The van der Waals surface area contributed by atoms with Gasteiger partial charge in [-0.2, -0.15) is 5.10 Å². The molecule has 172 valence electrons. The molecule has 4 rings (SSSR count). The standard InChI is InChI=1S/C22H23F2N7O2/c1-30-12-15(9-28-30)19-11-26-18(3-2-4-20(23)24)22(33)31(19)13-21(32)27-10-16-7-14-8-25-6-5-17(14)29-16/h5-9,11-12,20,29H,2-4,10,13H2,1H3,(H,27,32). The lowest BCUT2D eigenvalue weighted by Crippen LogP contribution is -2.34. The number of halogens is 2. The van der Waals surface area contributed by atoms with E-state index in [0.29, 0.717) is 11.3 Å². The summed E-state index contributed by atoms with van der Waals surface area (Å²) in [5, 5.41) is 7.85. The number of nitrogens with zero attached hydrogens (tertiary/aromatic N) is 5. The van der Waals surface area contributed by atoms with Gasteiger partial charge in [-0.05, 0) is 25.0 Å². The first-order valence-corrected chi connectivity index (χ1v) is 10.4. The maximum atomic E-state index is 13.1. The van der Waals surface area contributed by atoms with Crippen LogP contribution < -0.4 is 10.9 Å². The van der Waals surface area contributed by atoms with Gasteiger partial charge in [0.2, 0.25) is 12.3 Å². The fourth-order valence-electron chi connectivity index (χ4n) is 3.59. The highest BCUT2D eigenvalue weighted by Crippen LogP contribution is 2.17. The molecule has 0 aliphatic carbocycles. The normalized spacial score (nSPS) is 11.4. The first kappa shape index (κ1) is 22.3. The molecule has 0 aliphatic rings. The van der Waals surface area contributed by atoms with Crippen LogP contribution in [0.4, 0.5) is 8.78 Å². The first-order valence-electron chi connectivity index (χ1n) is 10.4. The highest BCUT2D eigenvalue weighted by molar-refractivity contribution is 5.80. The van der Waals surface area contributed by atoms with Crippen molar-refractivity contribution < 1.29 is 13.6 Å². The fourth-order valence-corrected chi connectivity index (χ4v) is 3.59. The Morgan fingerprint density at radius 2 is 2.12 bits per heavy atom. The molecule has 0 bridgehead atoms. The third kappa shape index (κ3) is 5.30. The van der Waals surface area contributed by atoms with Crippen molar-refractivity contribution in [3.05, 3.63) is 64.9 Å². The van der Waals surface area contributed by atoms with Crippen molar-refractivity contribution in [2.24, 2.45) is 7.05 Å². The third-order valence-electron chi connectivity index (χ3n) is 5.22. The van der Waals surface area contributed by atoms with E-state index in [4.69, 9.17) is 0 Å². The lowest BCUT2D eigenvalue weighted by Gasteiger charge is -2.13. The number of aromatic amines is 1. The molecule has 11 heteroatoms. The lowest BCUT2D eigenvalue weighted by molar-refractivity contribution is -0.121. The number of nitrogens with one attached hydrogen (secondary N) is 2. The van der Waals surface area contributed by atoms with Gasteiger partial charge in [0.25, 0.3) is 5.56 Å². The molecule has 0 unspecified atom stereocenters. The number of alkyl halides is 2. The SMILES string of the molecule is Cn1cc(-c2cnc(CCCC(F)F)c(=O)n2CC(=O)NCc2cc3cnccc3[nH]2)cn1. The molecule has 0 saturated carbocycles. The Kier molecular flexibility index (Phi) is 6.57. The number of hydrogen-bond acceptors (Lipinski definition) is 5. The Hall–Kier alpha value is -3.89. The summed E-state index contributed by atoms with van der Waals surface area (Å²) in [6.45, 7) is 0.00598. The van der Waals surface area contributed by atoms with E-state index in [1.54, 1.807) is 36.5 Å². The molecule has 4 aromatic rings. The second-order valence-corrected chi connectivity index (χ2v) is 7.70. The van der Waals surface area contributed by atoms with E-state index in [9.17, 15) is 18.4 Å². The number of carbonyl (C=O) groups excluding carboxylic acids is 1. The number of amides is 1. The highest BCUT2D eigenvalue weighted by atomic mass is 19.3. The maximum Gasteiger partial charge on any atom is 0.273 e. The van der Waals surface area contributed by atoms with Gasteiger partial charge in [-0.3, -0.25) is 28.8 Å². The Balaban J connectivity index is 1.54. The quantitative estimate of drug-likeness (QED) is 0.403. The van der Waals surface area contributed by atoms with Crippen molar-refractivity contribution in [2.45, 2.75) is 38.8 Å². The Morgan fingerprint density at radius 1 is 1.27 bits per heavy atom.